The minimum absolute atomic E-state index is 0.0271. The molecule has 1 unspecified atom stereocenters. The molecule has 5 aliphatic carbocycles. The van der Waals surface area contributed by atoms with E-state index in [1.807, 2.05) is 6.08 Å². The number of carbonyl (C=O) groups excluding carboxylic acids is 2. The average Bonchev–Trinajstić information content (AvgIpc) is 3.40. The summed E-state index contributed by atoms with van der Waals surface area (Å²) in [4.78, 5) is 25.0. The van der Waals surface area contributed by atoms with Gasteiger partial charge in [-0.3, -0.25) is 9.59 Å². The molecule has 30 heavy (non-hydrogen) atoms. The Morgan fingerprint density at radius 1 is 1.10 bits per heavy atom. The number of allylic oxidation sites excluding steroid dienone is 1. The number of rotatable bonds is 3. The third kappa shape index (κ3) is 2.85. The van der Waals surface area contributed by atoms with Gasteiger partial charge in [0.05, 0.1) is 5.92 Å². The summed E-state index contributed by atoms with van der Waals surface area (Å²) in [6.45, 7) is 2.27. The molecular weight excluding hydrogens is 372 g/mol. The summed E-state index contributed by atoms with van der Waals surface area (Å²) in [6, 6.07) is 0. The minimum Gasteiger partial charge on any atom is -0.445 e. The second kappa shape index (κ2) is 7.54. The van der Waals surface area contributed by atoms with Gasteiger partial charge in [0.25, 0.3) is 0 Å². The highest BCUT2D eigenvalue weighted by atomic mass is 16.6. The first-order chi connectivity index (χ1) is 14.5. The lowest BCUT2D eigenvalue weighted by atomic mass is 9.49. The van der Waals surface area contributed by atoms with Crippen LogP contribution in [0.15, 0.2) is 11.6 Å². The highest BCUT2D eigenvalue weighted by Crippen LogP contribution is 2.67. The second-order valence-corrected chi connectivity index (χ2v) is 10.8. The Morgan fingerprint density at radius 2 is 1.90 bits per heavy atom. The molecule has 0 N–H and O–H groups in total. The van der Waals surface area contributed by atoms with Gasteiger partial charge < -0.3 is 4.74 Å². The average molecular weight is 409 g/mol. The van der Waals surface area contributed by atoms with Crippen molar-refractivity contribution in [2.45, 2.75) is 96.0 Å². The molecule has 3 heteroatoms. The standard InChI is InChI=1S/C27H36O3/c1-3-26-15-13-22-21-12-10-20(28)17-19(21)9-11-23(22)24(26)14-16-27(26,4-2)30-25(29)18-7-5-6-8-18/h2,17-18,21-24H,3,5-16H2,1H3/t21-,22+,23+,24?,26-,27-/m0/s1. The molecule has 0 aliphatic heterocycles. The minimum atomic E-state index is -0.713. The lowest BCUT2D eigenvalue weighted by molar-refractivity contribution is -0.177. The number of esters is 1. The first-order valence-electron chi connectivity index (χ1n) is 12.5. The van der Waals surface area contributed by atoms with Crippen LogP contribution in [0.25, 0.3) is 0 Å². The van der Waals surface area contributed by atoms with Crippen molar-refractivity contribution in [2.75, 3.05) is 0 Å². The fourth-order valence-electron chi connectivity index (χ4n) is 8.53. The van der Waals surface area contributed by atoms with Crippen molar-refractivity contribution in [1.82, 2.24) is 0 Å². The van der Waals surface area contributed by atoms with Crippen LogP contribution in [0, 0.1) is 47.3 Å². The van der Waals surface area contributed by atoms with Gasteiger partial charge in [-0.2, -0.15) is 0 Å². The van der Waals surface area contributed by atoms with Crippen LogP contribution in [0.5, 0.6) is 0 Å². The van der Waals surface area contributed by atoms with Crippen LogP contribution in [-0.2, 0) is 14.3 Å². The van der Waals surface area contributed by atoms with E-state index in [1.165, 1.54) is 12.0 Å². The van der Waals surface area contributed by atoms with E-state index in [0.717, 1.165) is 70.6 Å². The summed E-state index contributed by atoms with van der Waals surface area (Å²) in [5.41, 5.74) is 0.642. The predicted octanol–water partition coefficient (Wildman–Crippen LogP) is 5.62. The third-order valence-corrected chi connectivity index (χ3v) is 9.95. The lowest BCUT2D eigenvalue weighted by Crippen LogP contribution is -2.55. The molecule has 5 rings (SSSR count). The van der Waals surface area contributed by atoms with E-state index in [0.29, 0.717) is 35.9 Å². The molecule has 3 nitrogen and oxygen atoms in total. The molecular formula is C27H36O3. The van der Waals surface area contributed by atoms with Gasteiger partial charge in [-0.25, -0.2) is 0 Å². The van der Waals surface area contributed by atoms with E-state index in [2.05, 4.69) is 12.8 Å². The molecule has 4 fully saturated rings. The summed E-state index contributed by atoms with van der Waals surface area (Å²) >= 11 is 0. The molecule has 4 saturated carbocycles. The Labute approximate surface area is 181 Å². The largest absolute Gasteiger partial charge is 0.445 e. The normalized spacial score (nSPS) is 43.2. The lowest BCUT2D eigenvalue weighted by Gasteiger charge is -2.56. The fourth-order valence-corrected chi connectivity index (χ4v) is 8.53. The van der Waals surface area contributed by atoms with Gasteiger partial charge in [-0.15, -0.1) is 6.42 Å². The van der Waals surface area contributed by atoms with Crippen molar-refractivity contribution in [3.8, 4) is 12.3 Å². The Kier molecular flexibility index (Phi) is 5.11. The van der Waals surface area contributed by atoms with Gasteiger partial charge in [-0.1, -0.05) is 31.3 Å². The van der Waals surface area contributed by atoms with Gasteiger partial charge in [-0.05, 0) is 94.0 Å². The Balaban J connectivity index is 1.43. The monoisotopic (exact) mass is 408 g/mol. The summed E-state index contributed by atoms with van der Waals surface area (Å²) in [7, 11) is 0. The van der Waals surface area contributed by atoms with Crippen molar-refractivity contribution in [1.29, 1.82) is 0 Å². The number of hydrogen-bond donors (Lipinski definition) is 0. The molecule has 0 radical (unpaired) electrons. The van der Waals surface area contributed by atoms with Crippen molar-refractivity contribution < 1.29 is 14.3 Å². The first-order valence-corrected chi connectivity index (χ1v) is 12.5. The van der Waals surface area contributed by atoms with Gasteiger partial charge >= 0.3 is 5.97 Å². The smallest absolute Gasteiger partial charge is 0.310 e. The molecule has 6 atom stereocenters. The second-order valence-electron chi connectivity index (χ2n) is 10.8. The predicted molar refractivity (Wildman–Crippen MR) is 116 cm³/mol. The molecule has 0 amide bonds. The van der Waals surface area contributed by atoms with Crippen molar-refractivity contribution in [2.24, 2.45) is 35.0 Å². The highest BCUT2D eigenvalue weighted by molar-refractivity contribution is 5.91. The van der Waals surface area contributed by atoms with Crippen molar-refractivity contribution in [3.05, 3.63) is 11.6 Å². The number of ketones is 1. The molecule has 0 saturated heterocycles. The topological polar surface area (TPSA) is 43.4 Å². The Hall–Kier alpha value is -1.56. The maximum atomic E-state index is 13.0. The molecule has 0 bridgehead atoms. The highest BCUT2D eigenvalue weighted by Gasteiger charge is 2.66. The molecule has 0 aromatic heterocycles. The van der Waals surface area contributed by atoms with Crippen LogP contribution in [0.2, 0.25) is 0 Å². The molecule has 0 aromatic carbocycles. The molecule has 0 heterocycles. The molecule has 0 spiro atoms. The van der Waals surface area contributed by atoms with Gasteiger partial charge in [0.1, 0.15) is 0 Å². The van der Waals surface area contributed by atoms with Crippen LogP contribution in [0.3, 0.4) is 0 Å². The molecule has 162 valence electrons. The van der Waals surface area contributed by atoms with E-state index in [4.69, 9.17) is 11.2 Å². The summed E-state index contributed by atoms with van der Waals surface area (Å²) in [5, 5.41) is 0. The van der Waals surface area contributed by atoms with Gasteiger partial charge in [0.2, 0.25) is 0 Å². The van der Waals surface area contributed by atoms with Crippen LogP contribution < -0.4 is 0 Å². The van der Waals surface area contributed by atoms with E-state index in [9.17, 15) is 9.59 Å². The number of fused-ring (bicyclic) bond motifs is 5. The maximum absolute atomic E-state index is 13.0. The number of ether oxygens (including phenoxy) is 1. The van der Waals surface area contributed by atoms with E-state index >= 15 is 0 Å². The number of terminal acetylenes is 1. The van der Waals surface area contributed by atoms with Crippen LogP contribution in [0.1, 0.15) is 90.4 Å². The summed E-state index contributed by atoms with van der Waals surface area (Å²) in [6.07, 6.45) is 21.5. The third-order valence-electron chi connectivity index (χ3n) is 9.95. The van der Waals surface area contributed by atoms with E-state index < -0.39 is 5.60 Å². The number of hydrogen-bond acceptors (Lipinski definition) is 3. The quantitative estimate of drug-likeness (QED) is 0.449. The van der Waals surface area contributed by atoms with Gasteiger partial charge in [0.15, 0.2) is 11.4 Å². The van der Waals surface area contributed by atoms with Crippen molar-refractivity contribution >= 4 is 11.8 Å². The van der Waals surface area contributed by atoms with Crippen LogP contribution >= 0.6 is 0 Å². The zero-order valence-corrected chi connectivity index (χ0v) is 18.5. The van der Waals surface area contributed by atoms with Crippen LogP contribution in [-0.4, -0.2) is 17.4 Å². The van der Waals surface area contributed by atoms with Gasteiger partial charge in [0, 0.05) is 11.8 Å². The number of carbonyl (C=O) groups is 2. The fraction of sp³-hybridized carbons (Fsp3) is 0.778. The maximum Gasteiger partial charge on any atom is 0.310 e. The van der Waals surface area contributed by atoms with E-state index in [-0.39, 0.29) is 17.3 Å². The molecule has 0 aromatic rings. The summed E-state index contributed by atoms with van der Waals surface area (Å²) in [5.74, 6) is 5.92. The molecule has 5 aliphatic rings. The zero-order chi connectivity index (χ0) is 20.9. The Bertz CT molecular complexity index is 797. The first kappa shape index (κ1) is 20.3. The summed E-state index contributed by atoms with van der Waals surface area (Å²) < 4.78 is 6.37. The van der Waals surface area contributed by atoms with Crippen LogP contribution in [0.4, 0.5) is 0 Å². The SMILES string of the molecule is C#C[C@]1(OC(=O)C2CCCC2)CCC2[C@@H]3CCC4=CC(=O)CC[C@@H]4[C@H]3CC[C@@]21CC. The Morgan fingerprint density at radius 3 is 2.63 bits per heavy atom. The van der Waals surface area contributed by atoms with Crippen molar-refractivity contribution in [3.63, 3.8) is 0 Å². The zero-order valence-electron chi connectivity index (χ0n) is 18.5. The van der Waals surface area contributed by atoms with E-state index in [1.54, 1.807) is 0 Å².